The molecule has 1 amide bonds. The molecule has 1 unspecified atom stereocenters. The molecule has 0 radical (unpaired) electrons. The lowest BCUT2D eigenvalue weighted by Gasteiger charge is -2.26. The highest BCUT2D eigenvalue weighted by atomic mass is 32.2. The second kappa shape index (κ2) is 8.41. The molecule has 1 aromatic heterocycles. The fraction of sp³-hybridized carbons (Fsp3) is 0.333. The van der Waals surface area contributed by atoms with Crippen molar-refractivity contribution >= 4 is 38.8 Å². The van der Waals surface area contributed by atoms with Gasteiger partial charge in [-0.05, 0) is 48.6 Å². The van der Waals surface area contributed by atoms with Crippen molar-refractivity contribution in [3.8, 4) is 0 Å². The number of fused-ring (bicyclic) bond motifs is 2. The summed E-state index contributed by atoms with van der Waals surface area (Å²) >= 11 is 1.19. The summed E-state index contributed by atoms with van der Waals surface area (Å²) in [6.07, 6.45) is 3.03. The molecule has 9 heteroatoms. The van der Waals surface area contributed by atoms with Gasteiger partial charge < -0.3 is 9.73 Å². The van der Waals surface area contributed by atoms with Crippen LogP contribution in [0.25, 0.3) is 11.1 Å². The van der Waals surface area contributed by atoms with E-state index in [4.69, 9.17) is 4.42 Å². The van der Waals surface area contributed by atoms with Crippen molar-refractivity contribution in [1.82, 2.24) is 14.6 Å². The highest BCUT2D eigenvalue weighted by Crippen LogP contribution is 2.30. The maximum Gasteiger partial charge on any atom is 0.257 e. The standard InChI is InChI=1S/C21H23N3O4S2/c1-24(2)30(26,27)15-10-11-19-18(12-15)23-21(28-19)29-13-20(25)22-17-9-5-7-14-6-3-4-8-16(14)17/h3-4,6,8,10-12,17H,5,7,9,13H2,1-2H3,(H,22,25). The van der Waals surface area contributed by atoms with Crippen molar-refractivity contribution in [3.05, 3.63) is 53.6 Å². The van der Waals surface area contributed by atoms with E-state index in [1.165, 1.54) is 49.1 Å². The normalized spacial score (nSPS) is 16.6. The fourth-order valence-electron chi connectivity index (χ4n) is 3.59. The summed E-state index contributed by atoms with van der Waals surface area (Å²) in [6.45, 7) is 0. The van der Waals surface area contributed by atoms with Crippen LogP contribution in [-0.4, -0.2) is 43.5 Å². The molecule has 0 bridgehead atoms. The molecule has 4 rings (SSSR count). The van der Waals surface area contributed by atoms with E-state index in [2.05, 4.69) is 22.4 Å². The van der Waals surface area contributed by atoms with E-state index in [1.54, 1.807) is 6.07 Å². The van der Waals surface area contributed by atoms with E-state index in [9.17, 15) is 13.2 Å². The molecule has 30 heavy (non-hydrogen) atoms. The van der Waals surface area contributed by atoms with Gasteiger partial charge >= 0.3 is 0 Å². The van der Waals surface area contributed by atoms with E-state index >= 15 is 0 Å². The number of nitrogens with zero attached hydrogens (tertiary/aromatic N) is 2. The maximum absolute atomic E-state index is 12.5. The third-order valence-electron chi connectivity index (χ3n) is 5.15. The highest BCUT2D eigenvalue weighted by molar-refractivity contribution is 7.99. The van der Waals surface area contributed by atoms with Crippen LogP contribution in [0.5, 0.6) is 0 Å². The number of amides is 1. The van der Waals surface area contributed by atoms with Gasteiger partial charge in [-0.15, -0.1) is 0 Å². The maximum atomic E-state index is 12.5. The largest absolute Gasteiger partial charge is 0.431 e. The number of thioether (sulfide) groups is 1. The van der Waals surface area contributed by atoms with Crippen LogP contribution in [-0.2, 0) is 21.2 Å². The average Bonchev–Trinajstić information content (AvgIpc) is 3.14. The predicted molar refractivity (Wildman–Crippen MR) is 116 cm³/mol. The quantitative estimate of drug-likeness (QED) is 0.585. The zero-order valence-corrected chi connectivity index (χ0v) is 18.4. The van der Waals surface area contributed by atoms with Crippen LogP contribution in [0.2, 0.25) is 0 Å². The summed E-state index contributed by atoms with van der Waals surface area (Å²) in [5.74, 6) is 0.0915. The van der Waals surface area contributed by atoms with E-state index in [1.807, 2.05) is 12.1 Å². The number of sulfonamides is 1. The van der Waals surface area contributed by atoms with Crippen molar-refractivity contribution in [2.75, 3.05) is 19.8 Å². The summed E-state index contributed by atoms with van der Waals surface area (Å²) in [5, 5.41) is 3.44. The van der Waals surface area contributed by atoms with Gasteiger partial charge in [0.25, 0.3) is 5.22 Å². The van der Waals surface area contributed by atoms with Crippen molar-refractivity contribution < 1.29 is 17.6 Å². The minimum Gasteiger partial charge on any atom is -0.431 e. The molecule has 0 saturated carbocycles. The molecular weight excluding hydrogens is 422 g/mol. The Morgan fingerprint density at radius 3 is 2.87 bits per heavy atom. The Kier molecular flexibility index (Phi) is 5.86. The monoisotopic (exact) mass is 445 g/mol. The van der Waals surface area contributed by atoms with Crippen LogP contribution in [0.4, 0.5) is 0 Å². The van der Waals surface area contributed by atoms with Gasteiger partial charge in [0.1, 0.15) is 5.52 Å². The van der Waals surface area contributed by atoms with Gasteiger partial charge in [-0.2, -0.15) is 0 Å². The molecule has 1 aliphatic carbocycles. The molecule has 1 N–H and O–H groups in total. The topological polar surface area (TPSA) is 92.5 Å². The van der Waals surface area contributed by atoms with Gasteiger partial charge in [0.2, 0.25) is 15.9 Å². The summed E-state index contributed by atoms with van der Waals surface area (Å²) in [7, 11) is -0.587. The first-order valence-corrected chi connectivity index (χ1v) is 12.1. The van der Waals surface area contributed by atoms with E-state index in [0.29, 0.717) is 16.3 Å². The molecule has 0 aliphatic heterocycles. The predicted octanol–water partition coefficient (Wildman–Crippen LogP) is 3.36. The van der Waals surface area contributed by atoms with Gasteiger partial charge in [-0.1, -0.05) is 36.0 Å². The summed E-state index contributed by atoms with van der Waals surface area (Å²) < 4.78 is 31.4. The molecule has 1 heterocycles. The first kappa shape index (κ1) is 20.9. The van der Waals surface area contributed by atoms with Crippen LogP contribution < -0.4 is 5.32 Å². The molecule has 1 atom stereocenters. The second-order valence-electron chi connectivity index (χ2n) is 7.40. The lowest BCUT2D eigenvalue weighted by atomic mass is 9.88. The third-order valence-corrected chi connectivity index (χ3v) is 7.79. The molecular formula is C21H23N3O4S2. The van der Waals surface area contributed by atoms with Crippen molar-refractivity contribution in [2.45, 2.75) is 35.4 Å². The van der Waals surface area contributed by atoms with Gasteiger partial charge in [-0.25, -0.2) is 17.7 Å². The number of hydrogen-bond acceptors (Lipinski definition) is 6. The lowest BCUT2D eigenvalue weighted by Crippen LogP contribution is -2.32. The van der Waals surface area contributed by atoms with E-state index in [0.717, 1.165) is 23.6 Å². The molecule has 7 nitrogen and oxygen atoms in total. The fourth-order valence-corrected chi connectivity index (χ4v) is 5.16. The Balaban J connectivity index is 1.42. The smallest absolute Gasteiger partial charge is 0.257 e. The van der Waals surface area contributed by atoms with Gasteiger partial charge in [0, 0.05) is 14.1 Å². The first-order chi connectivity index (χ1) is 14.3. The Hall–Kier alpha value is -2.36. The molecule has 0 spiro atoms. The SMILES string of the molecule is CN(C)S(=O)(=O)c1ccc2oc(SCC(=O)NC3CCCc4ccccc43)nc2c1. The van der Waals surface area contributed by atoms with Crippen molar-refractivity contribution in [2.24, 2.45) is 0 Å². The summed E-state index contributed by atoms with van der Waals surface area (Å²) in [5.41, 5.74) is 3.42. The van der Waals surface area contributed by atoms with Crippen LogP contribution in [0.3, 0.4) is 0 Å². The number of carbonyl (C=O) groups excluding carboxylic acids is 1. The highest BCUT2D eigenvalue weighted by Gasteiger charge is 2.22. The van der Waals surface area contributed by atoms with Crippen LogP contribution in [0, 0.1) is 0 Å². The Morgan fingerprint density at radius 2 is 2.07 bits per heavy atom. The van der Waals surface area contributed by atoms with Crippen molar-refractivity contribution in [3.63, 3.8) is 0 Å². The third kappa shape index (κ3) is 4.23. The second-order valence-corrected chi connectivity index (χ2v) is 10.5. The van der Waals surface area contributed by atoms with Crippen LogP contribution in [0.1, 0.15) is 30.0 Å². The first-order valence-electron chi connectivity index (χ1n) is 9.67. The lowest BCUT2D eigenvalue weighted by molar-refractivity contribution is -0.119. The molecule has 0 fully saturated rings. The number of carbonyl (C=O) groups is 1. The molecule has 0 saturated heterocycles. The summed E-state index contributed by atoms with van der Waals surface area (Å²) in [6, 6.07) is 12.8. The van der Waals surface area contributed by atoms with E-state index < -0.39 is 10.0 Å². The molecule has 158 valence electrons. The number of hydrogen-bond donors (Lipinski definition) is 1. The Morgan fingerprint density at radius 1 is 1.27 bits per heavy atom. The van der Waals surface area contributed by atoms with Crippen LogP contribution in [0.15, 0.2) is 57.0 Å². The van der Waals surface area contributed by atoms with Gasteiger partial charge in [-0.3, -0.25) is 4.79 Å². The number of nitrogens with one attached hydrogen (secondary N) is 1. The van der Waals surface area contributed by atoms with Crippen LogP contribution >= 0.6 is 11.8 Å². The Labute approximate surface area is 179 Å². The number of rotatable bonds is 6. The minimum absolute atomic E-state index is 0.0329. The molecule has 2 aromatic carbocycles. The molecule has 3 aromatic rings. The zero-order valence-electron chi connectivity index (χ0n) is 16.8. The van der Waals surface area contributed by atoms with Crippen molar-refractivity contribution in [1.29, 1.82) is 0 Å². The molecule has 1 aliphatic rings. The summed E-state index contributed by atoms with van der Waals surface area (Å²) in [4.78, 5) is 17.0. The number of aryl methyl sites for hydroxylation is 1. The minimum atomic E-state index is -3.54. The number of benzene rings is 2. The van der Waals surface area contributed by atoms with E-state index in [-0.39, 0.29) is 22.6 Å². The number of aromatic nitrogens is 1. The number of oxazole rings is 1. The zero-order chi connectivity index (χ0) is 21.3. The van der Waals surface area contributed by atoms with Gasteiger partial charge in [0.15, 0.2) is 5.58 Å². The average molecular weight is 446 g/mol. The van der Waals surface area contributed by atoms with Gasteiger partial charge in [0.05, 0.1) is 16.7 Å². The Bertz CT molecular complexity index is 1190.